The lowest BCUT2D eigenvalue weighted by atomic mass is 10.1. The molecule has 0 bridgehead atoms. The van der Waals surface area contributed by atoms with E-state index in [4.69, 9.17) is 0 Å². The van der Waals surface area contributed by atoms with Crippen LogP contribution in [-0.2, 0) is 10.0 Å². The standard InChI is InChI=1S/C13H14N4O3S2/c1-8-4-2-3-5-10(8)11(18)14-12-15-16-13(21-12)22(19,20)17-9-6-7-9/h2-5,9,17H,6-7H2,1H3,(H,14,15,18). The average molecular weight is 338 g/mol. The SMILES string of the molecule is Cc1ccccc1C(=O)Nc1nnc(S(=O)(=O)NC2CC2)s1. The molecule has 1 heterocycles. The second-order valence-corrected chi connectivity index (χ2v) is 7.90. The van der Waals surface area contributed by atoms with Crippen molar-refractivity contribution in [1.29, 1.82) is 0 Å². The molecule has 0 spiro atoms. The van der Waals surface area contributed by atoms with E-state index >= 15 is 0 Å². The van der Waals surface area contributed by atoms with Crippen molar-refractivity contribution < 1.29 is 13.2 Å². The summed E-state index contributed by atoms with van der Waals surface area (Å²) in [5, 5.41) is 10.1. The molecule has 1 saturated carbocycles. The fraction of sp³-hybridized carbons (Fsp3) is 0.308. The summed E-state index contributed by atoms with van der Waals surface area (Å²) in [6.45, 7) is 1.82. The summed E-state index contributed by atoms with van der Waals surface area (Å²) in [7, 11) is -3.64. The minimum Gasteiger partial charge on any atom is -0.296 e. The lowest BCUT2D eigenvalue weighted by Gasteiger charge is -2.04. The first-order valence-corrected chi connectivity index (χ1v) is 8.98. The Morgan fingerprint density at radius 3 is 2.68 bits per heavy atom. The number of nitrogens with one attached hydrogen (secondary N) is 2. The highest BCUT2D eigenvalue weighted by molar-refractivity contribution is 7.91. The van der Waals surface area contributed by atoms with Gasteiger partial charge < -0.3 is 0 Å². The predicted molar refractivity (Wildman–Crippen MR) is 82.4 cm³/mol. The lowest BCUT2D eigenvalue weighted by molar-refractivity contribution is 0.102. The summed E-state index contributed by atoms with van der Waals surface area (Å²) in [6, 6.07) is 7.12. The number of amides is 1. The maximum Gasteiger partial charge on any atom is 0.270 e. The van der Waals surface area contributed by atoms with Gasteiger partial charge in [-0.25, -0.2) is 13.1 Å². The molecule has 2 aromatic rings. The third kappa shape index (κ3) is 3.32. The van der Waals surface area contributed by atoms with Crippen LogP contribution in [0.3, 0.4) is 0 Å². The van der Waals surface area contributed by atoms with Crippen molar-refractivity contribution in [3.8, 4) is 0 Å². The number of sulfonamides is 1. The van der Waals surface area contributed by atoms with Gasteiger partial charge in [0.1, 0.15) is 0 Å². The second kappa shape index (κ2) is 5.75. The average Bonchev–Trinajstić information content (AvgIpc) is 3.13. The van der Waals surface area contributed by atoms with Crippen molar-refractivity contribution in [3.63, 3.8) is 0 Å². The number of anilines is 1. The summed E-state index contributed by atoms with van der Waals surface area (Å²) in [4.78, 5) is 12.1. The van der Waals surface area contributed by atoms with Crippen molar-refractivity contribution in [2.45, 2.75) is 30.1 Å². The van der Waals surface area contributed by atoms with Crippen LogP contribution >= 0.6 is 11.3 Å². The van der Waals surface area contributed by atoms with E-state index in [-0.39, 0.29) is 21.4 Å². The molecule has 3 rings (SSSR count). The molecule has 0 aliphatic heterocycles. The molecule has 0 saturated heterocycles. The van der Waals surface area contributed by atoms with Crippen LogP contribution in [-0.4, -0.2) is 30.6 Å². The zero-order valence-electron chi connectivity index (χ0n) is 11.7. The largest absolute Gasteiger partial charge is 0.296 e. The van der Waals surface area contributed by atoms with Gasteiger partial charge in [0.25, 0.3) is 15.9 Å². The number of benzene rings is 1. The number of aromatic nitrogens is 2. The van der Waals surface area contributed by atoms with E-state index in [0.29, 0.717) is 5.56 Å². The molecule has 1 aromatic heterocycles. The molecular formula is C13H14N4O3S2. The number of hydrogen-bond acceptors (Lipinski definition) is 6. The van der Waals surface area contributed by atoms with Gasteiger partial charge in [-0.05, 0) is 31.4 Å². The number of hydrogen-bond donors (Lipinski definition) is 2. The van der Waals surface area contributed by atoms with Crippen LogP contribution < -0.4 is 10.0 Å². The quantitative estimate of drug-likeness (QED) is 0.805. The number of aryl methyl sites for hydroxylation is 1. The molecule has 0 radical (unpaired) electrons. The summed E-state index contributed by atoms with van der Waals surface area (Å²) >= 11 is 0.834. The Morgan fingerprint density at radius 1 is 1.27 bits per heavy atom. The molecule has 9 heteroatoms. The number of carbonyl (C=O) groups excluding carboxylic acids is 1. The molecular weight excluding hydrogens is 324 g/mol. The van der Waals surface area contributed by atoms with Crippen molar-refractivity contribution in [2.24, 2.45) is 0 Å². The van der Waals surface area contributed by atoms with Crippen LogP contribution in [0, 0.1) is 6.92 Å². The van der Waals surface area contributed by atoms with Crippen LogP contribution in [0.2, 0.25) is 0 Å². The second-order valence-electron chi connectivity index (χ2n) is 5.04. The van der Waals surface area contributed by atoms with E-state index in [2.05, 4.69) is 20.2 Å². The van der Waals surface area contributed by atoms with Gasteiger partial charge in [0, 0.05) is 11.6 Å². The number of carbonyl (C=O) groups is 1. The molecule has 1 fully saturated rings. The summed E-state index contributed by atoms with van der Waals surface area (Å²) < 4.78 is 26.4. The van der Waals surface area contributed by atoms with Gasteiger partial charge in [0.05, 0.1) is 0 Å². The van der Waals surface area contributed by atoms with Crippen LogP contribution in [0.1, 0.15) is 28.8 Å². The van der Waals surface area contributed by atoms with Crippen LogP contribution in [0.15, 0.2) is 28.6 Å². The first-order valence-electron chi connectivity index (χ1n) is 6.68. The van der Waals surface area contributed by atoms with Gasteiger partial charge in [-0.3, -0.25) is 10.1 Å². The summed E-state index contributed by atoms with van der Waals surface area (Å²) in [5.41, 5.74) is 1.34. The zero-order valence-corrected chi connectivity index (χ0v) is 13.4. The van der Waals surface area contributed by atoms with E-state index in [1.165, 1.54) is 0 Å². The molecule has 1 aliphatic carbocycles. The molecule has 0 atom stereocenters. The topological polar surface area (TPSA) is 101 Å². The first-order chi connectivity index (χ1) is 10.5. The lowest BCUT2D eigenvalue weighted by Crippen LogP contribution is -2.25. The van der Waals surface area contributed by atoms with Crippen molar-refractivity contribution >= 4 is 32.4 Å². The fourth-order valence-electron chi connectivity index (χ4n) is 1.83. The summed E-state index contributed by atoms with van der Waals surface area (Å²) in [5.74, 6) is -0.339. The van der Waals surface area contributed by atoms with E-state index in [9.17, 15) is 13.2 Å². The Hall–Kier alpha value is -1.84. The van der Waals surface area contributed by atoms with E-state index in [0.717, 1.165) is 29.7 Å². The zero-order chi connectivity index (χ0) is 15.7. The normalized spacial score (nSPS) is 14.8. The minimum absolute atomic E-state index is 0.00101. The Labute approximate surface area is 131 Å². The Balaban J connectivity index is 1.74. The van der Waals surface area contributed by atoms with E-state index in [1.54, 1.807) is 12.1 Å². The number of rotatable bonds is 5. The van der Waals surface area contributed by atoms with Crippen molar-refractivity contribution in [3.05, 3.63) is 35.4 Å². The summed E-state index contributed by atoms with van der Waals surface area (Å²) in [6.07, 6.45) is 1.68. The molecule has 1 aromatic carbocycles. The highest BCUT2D eigenvalue weighted by Gasteiger charge is 2.30. The van der Waals surface area contributed by atoms with Crippen LogP contribution in [0.25, 0.3) is 0 Å². The highest BCUT2D eigenvalue weighted by atomic mass is 32.2. The highest BCUT2D eigenvalue weighted by Crippen LogP contribution is 2.25. The van der Waals surface area contributed by atoms with Gasteiger partial charge >= 0.3 is 0 Å². The van der Waals surface area contributed by atoms with E-state index < -0.39 is 10.0 Å². The fourth-order valence-corrected chi connectivity index (χ4v) is 4.05. The van der Waals surface area contributed by atoms with Gasteiger partial charge in [-0.1, -0.05) is 29.5 Å². The molecule has 1 amide bonds. The Morgan fingerprint density at radius 2 is 2.00 bits per heavy atom. The molecule has 0 unspecified atom stereocenters. The maximum absolute atomic E-state index is 12.1. The molecule has 2 N–H and O–H groups in total. The van der Waals surface area contributed by atoms with Gasteiger partial charge in [0.15, 0.2) is 0 Å². The maximum atomic E-state index is 12.1. The van der Waals surface area contributed by atoms with Gasteiger partial charge in [-0.2, -0.15) is 0 Å². The van der Waals surface area contributed by atoms with Crippen LogP contribution in [0.4, 0.5) is 5.13 Å². The van der Waals surface area contributed by atoms with Gasteiger partial charge in [0.2, 0.25) is 9.47 Å². The monoisotopic (exact) mass is 338 g/mol. The van der Waals surface area contributed by atoms with Crippen molar-refractivity contribution in [2.75, 3.05) is 5.32 Å². The molecule has 7 nitrogen and oxygen atoms in total. The Bertz CT molecular complexity index is 812. The molecule has 1 aliphatic rings. The van der Waals surface area contributed by atoms with Crippen LogP contribution in [0.5, 0.6) is 0 Å². The third-order valence-corrected chi connectivity index (χ3v) is 5.87. The molecule has 116 valence electrons. The first kappa shape index (κ1) is 15.1. The van der Waals surface area contributed by atoms with E-state index in [1.807, 2.05) is 19.1 Å². The third-order valence-electron chi connectivity index (χ3n) is 3.15. The minimum atomic E-state index is -3.64. The van der Waals surface area contributed by atoms with Gasteiger partial charge in [-0.15, -0.1) is 10.2 Å². The van der Waals surface area contributed by atoms with Crippen molar-refractivity contribution in [1.82, 2.24) is 14.9 Å². The Kier molecular flexibility index (Phi) is 3.94. The predicted octanol–water partition coefficient (Wildman–Crippen LogP) is 1.54. The smallest absolute Gasteiger partial charge is 0.270 e. The number of nitrogens with zero attached hydrogens (tertiary/aromatic N) is 2. The molecule has 22 heavy (non-hydrogen) atoms.